The molecule has 1 fully saturated rings. The molecular formula is C28H25ClF3N3O. The van der Waals surface area contributed by atoms with Crippen molar-refractivity contribution in [2.45, 2.75) is 19.5 Å². The molecule has 1 amide bonds. The summed E-state index contributed by atoms with van der Waals surface area (Å²) < 4.78 is 41.4. The van der Waals surface area contributed by atoms with Gasteiger partial charge in [0.25, 0.3) is 5.91 Å². The van der Waals surface area contributed by atoms with Gasteiger partial charge in [-0.3, -0.25) is 9.69 Å². The maximum Gasteiger partial charge on any atom is 0.255 e. The number of amides is 1. The summed E-state index contributed by atoms with van der Waals surface area (Å²) in [6, 6.07) is 14.7. The molecule has 0 unspecified atom stereocenters. The average Bonchev–Trinajstić information content (AvgIpc) is 2.85. The van der Waals surface area contributed by atoms with E-state index in [1.807, 2.05) is 36.1 Å². The van der Waals surface area contributed by atoms with Gasteiger partial charge in [0, 0.05) is 67.8 Å². The fraction of sp³-hybridized carbons (Fsp3) is 0.250. The van der Waals surface area contributed by atoms with Crippen LogP contribution in [0.3, 0.4) is 0 Å². The van der Waals surface area contributed by atoms with Crippen LogP contribution in [0.2, 0.25) is 5.02 Å². The minimum absolute atomic E-state index is 0.00548. The zero-order valence-corrected chi connectivity index (χ0v) is 20.5. The molecule has 0 saturated carbocycles. The van der Waals surface area contributed by atoms with E-state index in [9.17, 15) is 18.0 Å². The number of carbonyl (C=O) groups is 1. The van der Waals surface area contributed by atoms with E-state index in [2.05, 4.69) is 29.2 Å². The van der Waals surface area contributed by atoms with Crippen molar-refractivity contribution in [1.29, 1.82) is 0 Å². The lowest BCUT2D eigenvalue weighted by Gasteiger charge is -2.40. The van der Waals surface area contributed by atoms with Gasteiger partial charge in [0.05, 0.1) is 10.6 Å². The molecule has 2 aliphatic rings. The third kappa shape index (κ3) is 4.73. The van der Waals surface area contributed by atoms with E-state index in [0.717, 1.165) is 16.9 Å². The molecule has 0 bridgehead atoms. The van der Waals surface area contributed by atoms with Crippen LogP contribution in [0.4, 0.5) is 24.5 Å². The van der Waals surface area contributed by atoms with Crippen LogP contribution in [0, 0.1) is 17.5 Å². The van der Waals surface area contributed by atoms with Gasteiger partial charge < -0.3 is 9.80 Å². The smallest absolute Gasteiger partial charge is 0.255 e. The summed E-state index contributed by atoms with van der Waals surface area (Å²) in [4.78, 5) is 19.1. The highest BCUT2D eigenvalue weighted by Gasteiger charge is 2.30. The van der Waals surface area contributed by atoms with E-state index in [-0.39, 0.29) is 24.1 Å². The van der Waals surface area contributed by atoms with Crippen molar-refractivity contribution < 1.29 is 18.0 Å². The third-order valence-corrected chi connectivity index (χ3v) is 7.08. The molecule has 0 spiro atoms. The Kier molecular flexibility index (Phi) is 6.77. The summed E-state index contributed by atoms with van der Waals surface area (Å²) in [5.41, 5.74) is 3.34. The summed E-state index contributed by atoms with van der Waals surface area (Å²) in [5, 5.41) is 0.370. The maximum absolute atomic E-state index is 14.1. The standard InChI is InChI=1S/C28H25ClF3N3O/c1-18-16-33(17-23-25(31)13-20(30)14-26(23)32)11-12-34(18)28(36)22-9-8-21(15-24(22)29)35-10-4-6-19-5-2-3-7-27(19)35/h2-9,13-15,18H,10-12,16-17H2,1H3/t18-/m0/s1. The molecule has 4 nitrogen and oxygen atoms in total. The second-order valence-corrected chi connectivity index (χ2v) is 9.57. The normalized spacial score (nSPS) is 17.9. The van der Waals surface area contributed by atoms with Gasteiger partial charge in [-0.1, -0.05) is 42.0 Å². The molecule has 5 rings (SSSR count). The number of hydrogen-bond donors (Lipinski definition) is 0. The molecular weight excluding hydrogens is 487 g/mol. The lowest BCUT2D eigenvalue weighted by molar-refractivity contribution is 0.0471. The number of piperazine rings is 1. The highest BCUT2D eigenvalue weighted by Crippen LogP contribution is 2.35. The van der Waals surface area contributed by atoms with E-state index in [1.54, 1.807) is 11.0 Å². The maximum atomic E-state index is 14.1. The second-order valence-electron chi connectivity index (χ2n) is 9.17. The molecule has 1 saturated heterocycles. The number of hydrogen-bond acceptors (Lipinski definition) is 3. The van der Waals surface area contributed by atoms with Crippen molar-refractivity contribution in [3.05, 3.63) is 99.8 Å². The summed E-state index contributed by atoms with van der Waals surface area (Å²) in [6.07, 6.45) is 4.17. The molecule has 186 valence electrons. The molecule has 0 aliphatic carbocycles. The summed E-state index contributed by atoms with van der Waals surface area (Å²) >= 11 is 6.60. The summed E-state index contributed by atoms with van der Waals surface area (Å²) in [5.74, 6) is -2.94. The molecule has 0 N–H and O–H groups in total. The van der Waals surface area contributed by atoms with Crippen LogP contribution in [0.1, 0.15) is 28.4 Å². The Morgan fingerprint density at radius 3 is 2.50 bits per heavy atom. The fourth-order valence-corrected chi connectivity index (χ4v) is 5.18. The molecule has 36 heavy (non-hydrogen) atoms. The molecule has 0 radical (unpaired) electrons. The predicted octanol–water partition coefficient (Wildman–Crippen LogP) is 6.27. The topological polar surface area (TPSA) is 26.8 Å². The monoisotopic (exact) mass is 511 g/mol. The van der Waals surface area contributed by atoms with Gasteiger partial charge in [0.2, 0.25) is 0 Å². The van der Waals surface area contributed by atoms with Gasteiger partial charge in [-0.2, -0.15) is 0 Å². The number of halogens is 4. The minimum Gasteiger partial charge on any atom is -0.337 e. The van der Waals surface area contributed by atoms with Crippen molar-refractivity contribution in [2.24, 2.45) is 0 Å². The zero-order chi connectivity index (χ0) is 25.4. The lowest BCUT2D eigenvalue weighted by Crippen LogP contribution is -2.53. The van der Waals surface area contributed by atoms with Crippen LogP contribution in [0.25, 0.3) is 6.08 Å². The van der Waals surface area contributed by atoms with Gasteiger partial charge in [-0.25, -0.2) is 13.2 Å². The van der Waals surface area contributed by atoms with E-state index in [4.69, 9.17) is 11.6 Å². The van der Waals surface area contributed by atoms with Crippen LogP contribution in [-0.2, 0) is 6.54 Å². The number of para-hydroxylation sites is 1. The first-order valence-corrected chi connectivity index (χ1v) is 12.2. The van der Waals surface area contributed by atoms with Gasteiger partial charge >= 0.3 is 0 Å². The van der Waals surface area contributed by atoms with Crippen molar-refractivity contribution in [3.8, 4) is 0 Å². The highest BCUT2D eigenvalue weighted by atomic mass is 35.5. The number of anilines is 2. The summed E-state index contributed by atoms with van der Waals surface area (Å²) in [7, 11) is 0. The second kappa shape index (κ2) is 9.99. The average molecular weight is 512 g/mol. The van der Waals surface area contributed by atoms with Crippen LogP contribution >= 0.6 is 11.6 Å². The molecule has 1 atom stereocenters. The molecule has 3 aromatic rings. The van der Waals surface area contributed by atoms with Gasteiger partial charge in [-0.15, -0.1) is 0 Å². The van der Waals surface area contributed by atoms with Crippen molar-refractivity contribution in [2.75, 3.05) is 31.1 Å². The molecule has 2 heterocycles. The molecule has 0 aromatic heterocycles. The quantitative estimate of drug-likeness (QED) is 0.413. The predicted molar refractivity (Wildman–Crippen MR) is 136 cm³/mol. The third-order valence-electron chi connectivity index (χ3n) is 6.77. The van der Waals surface area contributed by atoms with E-state index >= 15 is 0 Å². The fourth-order valence-electron chi connectivity index (χ4n) is 4.93. The Morgan fingerprint density at radius 2 is 1.78 bits per heavy atom. The largest absolute Gasteiger partial charge is 0.337 e. The minimum atomic E-state index is -0.943. The Morgan fingerprint density at radius 1 is 1.03 bits per heavy atom. The van der Waals surface area contributed by atoms with Crippen molar-refractivity contribution in [3.63, 3.8) is 0 Å². The lowest BCUT2D eigenvalue weighted by atomic mass is 10.1. The first-order valence-electron chi connectivity index (χ1n) is 11.8. The number of fused-ring (bicyclic) bond motifs is 1. The van der Waals surface area contributed by atoms with Crippen molar-refractivity contribution in [1.82, 2.24) is 9.80 Å². The van der Waals surface area contributed by atoms with E-state index < -0.39 is 17.5 Å². The molecule has 3 aromatic carbocycles. The SMILES string of the molecule is C[C@H]1CN(Cc2c(F)cc(F)cc2F)CCN1C(=O)c1ccc(N2CC=Cc3ccccc32)cc1Cl. The first-order chi connectivity index (χ1) is 17.3. The highest BCUT2D eigenvalue weighted by molar-refractivity contribution is 6.34. The van der Waals surface area contributed by atoms with E-state index in [1.165, 1.54) is 0 Å². The molecule has 2 aliphatic heterocycles. The van der Waals surface area contributed by atoms with Gasteiger partial charge in [0.15, 0.2) is 0 Å². The van der Waals surface area contributed by atoms with Crippen molar-refractivity contribution >= 4 is 35.0 Å². The summed E-state index contributed by atoms with van der Waals surface area (Å²) in [6.45, 7) is 3.83. The number of carbonyl (C=O) groups excluding carboxylic acids is 1. The Balaban J connectivity index is 1.29. The van der Waals surface area contributed by atoms with Gasteiger partial charge in [-0.05, 0) is 36.8 Å². The zero-order valence-electron chi connectivity index (χ0n) is 19.7. The van der Waals surface area contributed by atoms with E-state index in [0.29, 0.717) is 48.9 Å². The number of nitrogens with zero attached hydrogens (tertiary/aromatic N) is 3. The number of benzene rings is 3. The first kappa shape index (κ1) is 24.4. The Hall–Kier alpha value is -3.29. The van der Waals surface area contributed by atoms with Crippen LogP contribution in [-0.4, -0.2) is 47.9 Å². The number of rotatable bonds is 4. The van der Waals surface area contributed by atoms with Crippen LogP contribution in [0.15, 0.2) is 60.7 Å². The Labute approximate surface area is 213 Å². The molecule has 8 heteroatoms. The van der Waals surface area contributed by atoms with Crippen LogP contribution in [0.5, 0.6) is 0 Å². The Bertz CT molecular complexity index is 1320. The van der Waals surface area contributed by atoms with Crippen LogP contribution < -0.4 is 4.90 Å². The van der Waals surface area contributed by atoms with Gasteiger partial charge in [0.1, 0.15) is 17.5 Å².